The summed E-state index contributed by atoms with van der Waals surface area (Å²) in [6.45, 7) is 4.26. The third-order valence-corrected chi connectivity index (χ3v) is 3.58. The second-order valence-corrected chi connectivity index (χ2v) is 5.10. The van der Waals surface area contributed by atoms with Gasteiger partial charge in [-0.25, -0.2) is 0 Å². The molecule has 1 aliphatic rings. The van der Waals surface area contributed by atoms with Gasteiger partial charge in [-0.15, -0.1) is 0 Å². The summed E-state index contributed by atoms with van der Waals surface area (Å²) < 4.78 is 0. The average Bonchev–Trinajstić information content (AvgIpc) is 2.16. The Kier molecular flexibility index (Phi) is 7.03. The topological polar surface area (TPSA) is 38.0 Å². The van der Waals surface area contributed by atoms with Crippen molar-refractivity contribution in [1.29, 1.82) is 0 Å². The van der Waals surface area contributed by atoms with Gasteiger partial charge in [-0.05, 0) is 45.2 Å². The van der Waals surface area contributed by atoms with Crippen LogP contribution in [0, 0.1) is 5.92 Å². The van der Waals surface area contributed by atoms with Crippen molar-refractivity contribution in [2.45, 2.75) is 64.3 Å². The van der Waals surface area contributed by atoms with Gasteiger partial charge in [0.2, 0.25) is 0 Å². The van der Waals surface area contributed by atoms with Gasteiger partial charge in [-0.3, -0.25) is 0 Å². The average molecular weight is 212 g/mol. The third-order valence-electron chi connectivity index (χ3n) is 3.58. The molecule has 2 heteroatoms. The summed E-state index contributed by atoms with van der Waals surface area (Å²) in [5.41, 5.74) is 5.54. The number of hydrogen-bond acceptors (Lipinski definition) is 2. The Hall–Kier alpha value is -0.0800. The molecule has 2 nitrogen and oxygen atoms in total. The van der Waals surface area contributed by atoms with Crippen molar-refractivity contribution in [2.75, 3.05) is 13.1 Å². The van der Waals surface area contributed by atoms with Gasteiger partial charge in [0.1, 0.15) is 0 Å². The summed E-state index contributed by atoms with van der Waals surface area (Å²) in [4.78, 5) is 0. The Morgan fingerprint density at radius 2 is 1.73 bits per heavy atom. The minimum Gasteiger partial charge on any atom is -0.330 e. The van der Waals surface area contributed by atoms with Crippen LogP contribution in [-0.4, -0.2) is 19.1 Å². The van der Waals surface area contributed by atoms with Gasteiger partial charge in [0.25, 0.3) is 0 Å². The standard InChI is InChI=1S/C13H28N2/c1-12(9-10-14)15-11-13-7-5-3-2-4-6-8-13/h12-13,15H,2-11,14H2,1H3. The lowest BCUT2D eigenvalue weighted by molar-refractivity contribution is 0.345. The molecule has 0 amide bonds. The SMILES string of the molecule is CC(CCN)NCC1CCCCCCC1. The minimum atomic E-state index is 0.598. The predicted molar refractivity (Wildman–Crippen MR) is 66.9 cm³/mol. The van der Waals surface area contributed by atoms with Crippen LogP contribution >= 0.6 is 0 Å². The maximum atomic E-state index is 5.54. The van der Waals surface area contributed by atoms with Gasteiger partial charge in [0.15, 0.2) is 0 Å². The van der Waals surface area contributed by atoms with Crippen LogP contribution in [-0.2, 0) is 0 Å². The third kappa shape index (κ3) is 6.16. The molecule has 1 unspecified atom stereocenters. The van der Waals surface area contributed by atoms with E-state index in [-0.39, 0.29) is 0 Å². The van der Waals surface area contributed by atoms with E-state index in [0.29, 0.717) is 6.04 Å². The first-order valence-electron chi connectivity index (χ1n) is 6.76. The van der Waals surface area contributed by atoms with Gasteiger partial charge < -0.3 is 11.1 Å². The molecule has 0 aromatic carbocycles. The fourth-order valence-electron chi connectivity index (χ4n) is 2.46. The summed E-state index contributed by atoms with van der Waals surface area (Å²) in [6, 6.07) is 0.598. The lowest BCUT2D eigenvalue weighted by Crippen LogP contribution is -2.33. The van der Waals surface area contributed by atoms with Gasteiger partial charge in [-0.1, -0.05) is 32.1 Å². The quantitative estimate of drug-likeness (QED) is 0.735. The molecule has 1 atom stereocenters. The van der Waals surface area contributed by atoms with Gasteiger partial charge in [-0.2, -0.15) is 0 Å². The van der Waals surface area contributed by atoms with Crippen molar-refractivity contribution in [3.8, 4) is 0 Å². The molecule has 0 saturated heterocycles. The van der Waals surface area contributed by atoms with E-state index in [0.717, 1.165) is 18.9 Å². The summed E-state index contributed by atoms with van der Waals surface area (Å²) in [6.07, 6.45) is 11.2. The summed E-state index contributed by atoms with van der Waals surface area (Å²) in [7, 11) is 0. The van der Waals surface area contributed by atoms with Gasteiger partial charge in [0, 0.05) is 6.04 Å². The first kappa shape index (κ1) is 13.0. The Morgan fingerprint density at radius 1 is 1.13 bits per heavy atom. The molecule has 0 aromatic rings. The van der Waals surface area contributed by atoms with E-state index >= 15 is 0 Å². The van der Waals surface area contributed by atoms with E-state index in [9.17, 15) is 0 Å². The highest BCUT2D eigenvalue weighted by molar-refractivity contribution is 4.69. The Morgan fingerprint density at radius 3 is 2.33 bits per heavy atom. The number of nitrogens with two attached hydrogens (primary N) is 1. The molecule has 1 rings (SSSR count). The van der Waals surface area contributed by atoms with Crippen LogP contribution < -0.4 is 11.1 Å². The van der Waals surface area contributed by atoms with Crippen LogP contribution in [0.3, 0.4) is 0 Å². The van der Waals surface area contributed by atoms with E-state index in [1.54, 1.807) is 0 Å². The van der Waals surface area contributed by atoms with Crippen molar-refractivity contribution in [2.24, 2.45) is 11.7 Å². The maximum absolute atomic E-state index is 5.54. The van der Waals surface area contributed by atoms with Crippen LogP contribution in [0.4, 0.5) is 0 Å². The van der Waals surface area contributed by atoms with Crippen molar-refractivity contribution in [3.05, 3.63) is 0 Å². The molecule has 90 valence electrons. The van der Waals surface area contributed by atoms with Crippen LogP contribution in [0.5, 0.6) is 0 Å². The first-order chi connectivity index (χ1) is 7.33. The molecule has 0 heterocycles. The number of hydrogen-bond donors (Lipinski definition) is 2. The van der Waals surface area contributed by atoms with E-state index in [1.807, 2.05) is 0 Å². The molecule has 0 radical (unpaired) electrons. The van der Waals surface area contributed by atoms with Crippen molar-refractivity contribution < 1.29 is 0 Å². The van der Waals surface area contributed by atoms with E-state index < -0.39 is 0 Å². The molecule has 3 N–H and O–H groups in total. The first-order valence-corrected chi connectivity index (χ1v) is 6.76. The zero-order valence-electron chi connectivity index (χ0n) is 10.3. The van der Waals surface area contributed by atoms with E-state index in [4.69, 9.17) is 5.73 Å². The normalized spacial score (nSPS) is 22.0. The van der Waals surface area contributed by atoms with Crippen molar-refractivity contribution >= 4 is 0 Å². The van der Waals surface area contributed by atoms with Crippen LogP contribution in [0.2, 0.25) is 0 Å². The molecule has 0 aromatic heterocycles. The number of rotatable bonds is 5. The molecule has 1 saturated carbocycles. The highest BCUT2D eigenvalue weighted by atomic mass is 14.9. The Balaban J connectivity index is 2.11. The largest absolute Gasteiger partial charge is 0.330 e. The molecule has 0 bridgehead atoms. The van der Waals surface area contributed by atoms with Crippen LogP contribution in [0.25, 0.3) is 0 Å². The highest BCUT2D eigenvalue weighted by Gasteiger charge is 2.11. The zero-order valence-corrected chi connectivity index (χ0v) is 10.3. The fourth-order valence-corrected chi connectivity index (χ4v) is 2.46. The van der Waals surface area contributed by atoms with Crippen molar-refractivity contribution in [1.82, 2.24) is 5.32 Å². The summed E-state index contributed by atoms with van der Waals surface area (Å²) in [5, 5.41) is 3.62. The molecule has 1 aliphatic carbocycles. The summed E-state index contributed by atoms with van der Waals surface area (Å²) in [5.74, 6) is 0.922. The molecule has 1 fully saturated rings. The lowest BCUT2D eigenvalue weighted by atomic mass is 9.91. The number of nitrogens with one attached hydrogen (secondary N) is 1. The van der Waals surface area contributed by atoms with Crippen molar-refractivity contribution in [3.63, 3.8) is 0 Å². The van der Waals surface area contributed by atoms with E-state index in [1.165, 1.54) is 51.5 Å². The monoisotopic (exact) mass is 212 g/mol. The minimum absolute atomic E-state index is 0.598. The Bertz CT molecular complexity index is 139. The van der Waals surface area contributed by atoms with Crippen LogP contribution in [0.1, 0.15) is 58.3 Å². The lowest BCUT2D eigenvalue weighted by Gasteiger charge is -2.22. The van der Waals surface area contributed by atoms with Gasteiger partial charge >= 0.3 is 0 Å². The maximum Gasteiger partial charge on any atom is 0.00508 e. The fraction of sp³-hybridized carbons (Fsp3) is 1.00. The van der Waals surface area contributed by atoms with E-state index in [2.05, 4.69) is 12.2 Å². The molecule has 0 spiro atoms. The molecule has 15 heavy (non-hydrogen) atoms. The summed E-state index contributed by atoms with van der Waals surface area (Å²) >= 11 is 0. The highest BCUT2D eigenvalue weighted by Crippen LogP contribution is 2.21. The molecular formula is C13H28N2. The molecular weight excluding hydrogens is 184 g/mol. The van der Waals surface area contributed by atoms with Crippen LogP contribution in [0.15, 0.2) is 0 Å². The van der Waals surface area contributed by atoms with Gasteiger partial charge in [0.05, 0.1) is 0 Å². The zero-order chi connectivity index (χ0) is 10.9. The predicted octanol–water partition coefficient (Wildman–Crippen LogP) is 2.67. The molecule has 0 aliphatic heterocycles. The second kappa shape index (κ2) is 8.12. The second-order valence-electron chi connectivity index (χ2n) is 5.10. The smallest absolute Gasteiger partial charge is 0.00508 e. The Labute approximate surface area is 95.0 Å².